The number of fused-ring (bicyclic) bond motifs is 3. The minimum Gasteiger partial charge on any atom is -0.474 e. The molecule has 2 atom stereocenters. The second-order valence-electron chi connectivity index (χ2n) is 10.7. The monoisotopic (exact) mass is 541 g/mol. The lowest BCUT2D eigenvalue weighted by atomic mass is 10.1. The SMILES string of the molecule is CN(c1nc(Nc2cnc3c(c2)N2C(=O)CC[C@H]2CO3)ncc1-c1ccc(N2CCCC2=O)cc1)[C@H]1CCOC1. The van der Waals surface area contributed by atoms with E-state index in [1.165, 1.54) is 0 Å². The summed E-state index contributed by atoms with van der Waals surface area (Å²) in [5.74, 6) is 1.93. The third-order valence-electron chi connectivity index (χ3n) is 8.21. The number of carbonyl (C=O) groups excluding carboxylic acids is 2. The van der Waals surface area contributed by atoms with E-state index in [0.717, 1.165) is 55.0 Å². The van der Waals surface area contributed by atoms with Crippen molar-refractivity contribution in [2.45, 2.75) is 44.2 Å². The first kappa shape index (κ1) is 24.8. The Morgan fingerprint density at radius 1 is 1.02 bits per heavy atom. The van der Waals surface area contributed by atoms with Crippen molar-refractivity contribution < 1.29 is 19.1 Å². The van der Waals surface area contributed by atoms with E-state index >= 15 is 0 Å². The summed E-state index contributed by atoms with van der Waals surface area (Å²) in [6.07, 6.45) is 7.21. The number of nitrogens with zero attached hydrogens (tertiary/aromatic N) is 6. The van der Waals surface area contributed by atoms with Crippen molar-refractivity contribution in [2.75, 3.05) is 53.4 Å². The van der Waals surface area contributed by atoms with Crippen LogP contribution in [0.5, 0.6) is 5.88 Å². The van der Waals surface area contributed by atoms with E-state index in [0.29, 0.717) is 49.3 Å². The molecule has 11 heteroatoms. The van der Waals surface area contributed by atoms with Crippen LogP contribution in [-0.4, -0.2) is 72.3 Å². The number of anilines is 5. The summed E-state index contributed by atoms with van der Waals surface area (Å²) < 4.78 is 11.5. The normalized spacial score (nSPS) is 21.8. The molecule has 3 saturated heterocycles. The third-order valence-corrected chi connectivity index (χ3v) is 8.21. The van der Waals surface area contributed by atoms with Crippen LogP contribution in [0.4, 0.5) is 28.8 Å². The number of nitrogens with one attached hydrogen (secondary N) is 1. The van der Waals surface area contributed by atoms with Gasteiger partial charge < -0.3 is 29.5 Å². The molecule has 40 heavy (non-hydrogen) atoms. The quantitative estimate of drug-likeness (QED) is 0.501. The first-order valence-electron chi connectivity index (χ1n) is 13.9. The van der Waals surface area contributed by atoms with Crippen LogP contribution in [0.3, 0.4) is 0 Å². The molecule has 0 spiro atoms. The van der Waals surface area contributed by atoms with Crippen LogP contribution in [-0.2, 0) is 14.3 Å². The minimum absolute atomic E-state index is 0.0523. The van der Waals surface area contributed by atoms with E-state index in [2.05, 4.69) is 20.2 Å². The van der Waals surface area contributed by atoms with Gasteiger partial charge in [-0.25, -0.2) is 9.97 Å². The number of aromatic nitrogens is 3. The lowest BCUT2D eigenvalue weighted by Crippen LogP contribution is -2.40. The van der Waals surface area contributed by atoms with Crippen LogP contribution >= 0.6 is 0 Å². The molecule has 3 aromatic rings. The van der Waals surface area contributed by atoms with Crippen molar-refractivity contribution in [1.82, 2.24) is 15.0 Å². The molecule has 2 amide bonds. The topological polar surface area (TPSA) is 113 Å². The maximum absolute atomic E-state index is 12.5. The summed E-state index contributed by atoms with van der Waals surface area (Å²) in [7, 11) is 2.03. The van der Waals surface area contributed by atoms with Gasteiger partial charge in [-0.15, -0.1) is 0 Å². The van der Waals surface area contributed by atoms with Crippen LogP contribution in [0.25, 0.3) is 11.1 Å². The molecule has 7 rings (SSSR count). The fourth-order valence-electron chi connectivity index (χ4n) is 5.98. The summed E-state index contributed by atoms with van der Waals surface area (Å²) in [4.78, 5) is 44.6. The first-order chi connectivity index (χ1) is 19.5. The number of benzene rings is 1. The number of pyridine rings is 1. The van der Waals surface area contributed by atoms with Gasteiger partial charge in [0.25, 0.3) is 0 Å². The maximum Gasteiger partial charge on any atom is 0.238 e. The molecular formula is C29H31N7O4. The average molecular weight is 542 g/mol. The maximum atomic E-state index is 12.5. The Labute approximate surface area is 232 Å². The molecule has 6 heterocycles. The molecule has 1 N–H and O–H groups in total. The third kappa shape index (κ3) is 4.40. The summed E-state index contributed by atoms with van der Waals surface area (Å²) in [5.41, 5.74) is 4.12. The smallest absolute Gasteiger partial charge is 0.238 e. The molecule has 0 radical (unpaired) electrons. The molecule has 2 aromatic heterocycles. The van der Waals surface area contributed by atoms with Gasteiger partial charge in [0.15, 0.2) is 0 Å². The number of ether oxygens (including phenoxy) is 2. The van der Waals surface area contributed by atoms with Gasteiger partial charge in [-0.1, -0.05) is 12.1 Å². The Hall–Kier alpha value is -4.25. The molecule has 11 nitrogen and oxygen atoms in total. The van der Waals surface area contributed by atoms with Crippen molar-refractivity contribution in [3.8, 4) is 17.0 Å². The van der Waals surface area contributed by atoms with Crippen LogP contribution in [0.1, 0.15) is 32.1 Å². The predicted molar refractivity (Wildman–Crippen MR) is 150 cm³/mol. The number of likely N-dealkylation sites (N-methyl/N-ethyl adjacent to an activating group) is 1. The Morgan fingerprint density at radius 3 is 2.67 bits per heavy atom. The molecule has 206 valence electrons. The van der Waals surface area contributed by atoms with Crippen molar-refractivity contribution in [1.29, 1.82) is 0 Å². The van der Waals surface area contributed by atoms with E-state index in [-0.39, 0.29) is 23.9 Å². The van der Waals surface area contributed by atoms with Crippen molar-refractivity contribution in [3.63, 3.8) is 0 Å². The summed E-state index contributed by atoms with van der Waals surface area (Å²) in [6, 6.07) is 10.1. The summed E-state index contributed by atoms with van der Waals surface area (Å²) in [5, 5.41) is 3.28. The number of hydrogen-bond donors (Lipinski definition) is 1. The zero-order valence-electron chi connectivity index (χ0n) is 22.4. The van der Waals surface area contributed by atoms with Crippen LogP contribution in [0, 0.1) is 0 Å². The van der Waals surface area contributed by atoms with Crippen LogP contribution in [0.15, 0.2) is 42.7 Å². The number of hydrogen-bond acceptors (Lipinski definition) is 9. The lowest BCUT2D eigenvalue weighted by molar-refractivity contribution is -0.118. The second-order valence-corrected chi connectivity index (χ2v) is 10.7. The molecular weight excluding hydrogens is 510 g/mol. The minimum atomic E-state index is 0.0523. The molecule has 4 aliphatic heterocycles. The molecule has 0 unspecified atom stereocenters. The molecule has 4 aliphatic rings. The van der Waals surface area contributed by atoms with Gasteiger partial charge in [-0.2, -0.15) is 4.98 Å². The van der Waals surface area contributed by atoms with E-state index < -0.39 is 0 Å². The molecule has 0 bridgehead atoms. The van der Waals surface area contributed by atoms with E-state index in [1.807, 2.05) is 48.5 Å². The zero-order valence-corrected chi connectivity index (χ0v) is 22.4. The largest absolute Gasteiger partial charge is 0.474 e. The number of carbonyl (C=O) groups is 2. The van der Waals surface area contributed by atoms with Gasteiger partial charge in [-0.3, -0.25) is 9.59 Å². The van der Waals surface area contributed by atoms with Gasteiger partial charge in [0.05, 0.1) is 30.6 Å². The van der Waals surface area contributed by atoms with E-state index in [9.17, 15) is 9.59 Å². The molecule has 3 fully saturated rings. The van der Waals surface area contributed by atoms with Gasteiger partial charge >= 0.3 is 0 Å². The summed E-state index contributed by atoms with van der Waals surface area (Å²) >= 11 is 0. The highest BCUT2D eigenvalue weighted by Gasteiger charge is 2.38. The van der Waals surface area contributed by atoms with Crippen molar-refractivity contribution >= 4 is 40.6 Å². The molecule has 0 saturated carbocycles. The fraction of sp³-hybridized carbons (Fsp3) is 0.414. The van der Waals surface area contributed by atoms with Gasteiger partial charge in [0.1, 0.15) is 18.1 Å². The van der Waals surface area contributed by atoms with Crippen LogP contribution < -0.4 is 24.8 Å². The Bertz CT molecular complexity index is 1460. The Kier molecular flexibility index (Phi) is 6.22. The highest BCUT2D eigenvalue weighted by Crippen LogP contribution is 2.39. The Balaban J connectivity index is 1.20. The van der Waals surface area contributed by atoms with Gasteiger partial charge in [0.2, 0.25) is 23.6 Å². The van der Waals surface area contributed by atoms with E-state index in [1.54, 1.807) is 11.1 Å². The number of amides is 2. The highest BCUT2D eigenvalue weighted by molar-refractivity contribution is 5.98. The Morgan fingerprint density at radius 2 is 1.90 bits per heavy atom. The van der Waals surface area contributed by atoms with Crippen molar-refractivity contribution in [2.24, 2.45) is 0 Å². The standard InChI is InChI=1S/C29H31N7O4/c1-34(21-10-12-39-16-21)27-23(18-4-6-20(7-5-18)35-11-2-3-25(35)37)15-31-29(33-27)32-19-13-24-28(30-14-19)40-17-22-8-9-26(38)36(22)24/h4-7,13-15,21-22H,2-3,8-12,16-17H2,1H3,(H,31,32,33)/t21-,22-/m0/s1. The van der Waals surface area contributed by atoms with E-state index in [4.69, 9.17) is 14.5 Å². The fourth-order valence-corrected chi connectivity index (χ4v) is 5.98. The van der Waals surface area contributed by atoms with Crippen LogP contribution in [0.2, 0.25) is 0 Å². The molecule has 0 aliphatic carbocycles. The predicted octanol–water partition coefficient (Wildman–Crippen LogP) is 3.52. The highest BCUT2D eigenvalue weighted by atomic mass is 16.5. The van der Waals surface area contributed by atoms with Crippen molar-refractivity contribution in [3.05, 3.63) is 42.7 Å². The number of rotatable bonds is 6. The lowest BCUT2D eigenvalue weighted by Gasteiger charge is -2.31. The first-order valence-corrected chi connectivity index (χ1v) is 13.9. The zero-order chi connectivity index (χ0) is 27.2. The van der Waals surface area contributed by atoms with Gasteiger partial charge in [-0.05, 0) is 43.0 Å². The van der Waals surface area contributed by atoms with Gasteiger partial charge in [0, 0.05) is 50.5 Å². The average Bonchev–Trinajstić information content (AvgIpc) is 3.75. The summed E-state index contributed by atoms with van der Waals surface area (Å²) in [6.45, 7) is 2.59. The molecule has 1 aromatic carbocycles. The second kappa shape index (κ2) is 10.1.